The van der Waals surface area contributed by atoms with Gasteiger partial charge < -0.3 is 19.1 Å². The number of rotatable bonds is 3. The number of benzene rings is 1. The molecular weight excluding hydrogens is 430 g/mol. The van der Waals surface area contributed by atoms with Crippen LogP contribution in [0.25, 0.3) is 0 Å². The molecule has 0 amide bonds. The lowest BCUT2D eigenvalue weighted by molar-refractivity contribution is -0.141. The Morgan fingerprint density at radius 2 is 1.81 bits per heavy atom. The SMILES string of the molecule is COC(=O)C1=C(C(=O)OC)N(c2ccc(Br)c(C(F)(F)F)c2F)COC1. The Kier molecular flexibility index (Phi) is 5.91. The Hall–Kier alpha value is -2.14. The van der Waals surface area contributed by atoms with Gasteiger partial charge in [0.2, 0.25) is 0 Å². The summed E-state index contributed by atoms with van der Waals surface area (Å²) in [6.07, 6.45) is -4.99. The molecule has 1 heterocycles. The van der Waals surface area contributed by atoms with Crippen LogP contribution in [-0.2, 0) is 30.0 Å². The number of alkyl halides is 3. The average molecular weight is 442 g/mol. The molecule has 0 radical (unpaired) electrons. The molecule has 1 aromatic rings. The molecular formula is C15H12BrF4NO5. The quantitative estimate of drug-likeness (QED) is 0.530. The highest BCUT2D eigenvalue weighted by atomic mass is 79.9. The Balaban J connectivity index is 2.70. The van der Waals surface area contributed by atoms with Crippen LogP contribution in [0.2, 0.25) is 0 Å². The minimum absolute atomic E-state index is 0.304. The van der Waals surface area contributed by atoms with E-state index in [0.717, 1.165) is 31.3 Å². The molecule has 1 aliphatic heterocycles. The number of nitrogens with zero attached hydrogens (tertiary/aromatic N) is 1. The summed E-state index contributed by atoms with van der Waals surface area (Å²) in [6.45, 7) is -0.821. The van der Waals surface area contributed by atoms with Crippen molar-refractivity contribution in [3.63, 3.8) is 0 Å². The second-order valence-electron chi connectivity index (χ2n) is 4.97. The maximum absolute atomic E-state index is 14.6. The number of hydrogen-bond donors (Lipinski definition) is 0. The summed E-state index contributed by atoms with van der Waals surface area (Å²) in [4.78, 5) is 24.8. The predicted octanol–water partition coefficient (Wildman–Crippen LogP) is 3.00. The summed E-state index contributed by atoms with van der Waals surface area (Å²) in [5.41, 5.74) is -2.92. The second-order valence-corrected chi connectivity index (χ2v) is 5.82. The van der Waals surface area contributed by atoms with E-state index in [2.05, 4.69) is 25.4 Å². The third-order valence-electron chi connectivity index (χ3n) is 3.48. The maximum atomic E-state index is 14.6. The van der Waals surface area contributed by atoms with Crippen LogP contribution in [0.1, 0.15) is 5.56 Å². The normalized spacial score (nSPS) is 15.1. The van der Waals surface area contributed by atoms with Gasteiger partial charge in [0.15, 0.2) is 5.82 Å². The van der Waals surface area contributed by atoms with Crippen LogP contribution in [0.15, 0.2) is 27.9 Å². The molecule has 0 spiro atoms. The van der Waals surface area contributed by atoms with Crippen molar-refractivity contribution in [3.05, 3.63) is 39.3 Å². The van der Waals surface area contributed by atoms with E-state index in [4.69, 9.17) is 4.74 Å². The second kappa shape index (κ2) is 7.62. The molecule has 0 N–H and O–H groups in total. The molecule has 0 unspecified atom stereocenters. The minimum atomic E-state index is -4.99. The van der Waals surface area contributed by atoms with Crippen molar-refractivity contribution in [3.8, 4) is 0 Å². The standard InChI is InChI=1S/C15H12BrF4NO5/c1-24-13(22)7-5-26-6-21(12(7)14(23)25-2)9-4-3-8(16)10(11(9)17)15(18,19)20/h3-4H,5-6H2,1-2H3. The average Bonchev–Trinajstić information content (AvgIpc) is 2.58. The first-order valence-corrected chi connectivity index (χ1v) is 7.73. The monoisotopic (exact) mass is 441 g/mol. The zero-order valence-electron chi connectivity index (χ0n) is 13.4. The number of anilines is 1. The number of ether oxygens (including phenoxy) is 3. The molecule has 26 heavy (non-hydrogen) atoms. The van der Waals surface area contributed by atoms with Crippen molar-refractivity contribution >= 4 is 33.6 Å². The smallest absolute Gasteiger partial charge is 0.420 e. The Morgan fingerprint density at radius 3 is 2.35 bits per heavy atom. The van der Waals surface area contributed by atoms with Gasteiger partial charge in [-0.1, -0.05) is 15.9 Å². The van der Waals surface area contributed by atoms with E-state index < -0.39 is 52.1 Å². The van der Waals surface area contributed by atoms with Crippen LogP contribution in [0.5, 0.6) is 0 Å². The van der Waals surface area contributed by atoms with Gasteiger partial charge in [0.05, 0.1) is 32.1 Å². The van der Waals surface area contributed by atoms with E-state index in [0.29, 0.717) is 0 Å². The first-order chi connectivity index (χ1) is 12.1. The number of halogens is 5. The first-order valence-electron chi connectivity index (χ1n) is 6.93. The van der Waals surface area contributed by atoms with Crippen molar-refractivity contribution in [2.24, 2.45) is 0 Å². The number of hydrogen-bond acceptors (Lipinski definition) is 6. The fourth-order valence-electron chi connectivity index (χ4n) is 2.34. The van der Waals surface area contributed by atoms with Crippen LogP contribution >= 0.6 is 15.9 Å². The zero-order valence-corrected chi connectivity index (χ0v) is 15.0. The molecule has 11 heteroatoms. The number of esters is 2. The summed E-state index contributed by atoms with van der Waals surface area (Å²) < 4.78 is 67.7. The highest BCUT2D eigenvalue weighted by Crippen LogP contribution is 2.41. The van der Waals surface area contributed by atoms with E-state index in [-0.39, 0.29) is 12.2 Å². The van der Waals surface area contributed by atoms with Crippen LogP contribution < -0.4 is 4.90 Å². The van der Waals surface area contributed by atoms with Gasteiger partial charge in [0, 0.05) is 4.47 Å². The van der Waals surface area contributed by atoms with Crippen molar-refractivity contribution in [1.29, 1.82) is 0 Å². The van der Waals surface area contributed by atoms with E-state index in [1.54, 1.807) is 0 Å². The highest BCUT2D eigenvalue weighted by molar-refractivity contribution is 9.10. The van der Waals surface area contributed by atoms with Gasteiger partial charge in [-0.15, -0.1) is 0 Å². The Bertz CT molecular complexity index is 778. The topological polar surface area (TPSA) is 65.1 Å². The third kappa shape index (κ3) is 3.68. The molecule has 1 aromatic carbocycles. The van der Waals surface area contributed by atoms with E-state index in [1.165, 1.54) is 0 Å². The zero-order chi connectivity index (χ0) is 19.6. The fraction of sp³-hybridized carbons (Fsp3) is 0.333. The molecule has 0 fully saturated rings. The summed E-state index contributed by atoms with van der Waals surface area (Å²) >= 11 is 2.66. The van der Waals surface area contributed by atoms with Crippen LogP contribution in [0, 0.1) is 5.82 Å². The molecule has 0 saturated heterocycles. The largest absolute Gasteiger partial charge is 0.466 e. The van der Waals surface area contributed by atoms with Crippen LogP contribution in [0.3, 0.4) is 0 Å². The van der Waals surface area contributed by atoms with Crippen LogP contribution in [0.4, 0.5) is 23.2 Å². The van der Waals surface area contributed by atoms with Crippen molar-refractivity contribution < 1.29 is 41.4 Å². The summed E-state index contributed by atoms with van der Waals surface area (Å²) in [7, 11) is 2.06. The van der Waals surface area contributed by atoms with E-state index in [1.807, 2.05) is 0 Å². The van der Waals surface area contributed by atoms with E-state index >= 15 is 0 Å². The number of carbonyl (C=O) groups is 2. The van der Waals surface area contributed by atoms with Gasteiger partial charge in [-0.3, -0.25) is 0 Å². The molecule has 0 saturated carbocycles. The lowest BCUT2D eigenvalue weighted by Gasteiger charge is -2.32. The number of carbonyl (C=O) groups excluding carboxylic acids is 2. The predicted molar refractivity (Wildman–Crippen MR) is 83.5 cm³/mol. The Morgan fingerprint density at radius 1 is 1.19 bits per heavy atom. The Labute approximate surface area is 153 Å². The molecule has 2 rings (SSSR count). The lowest BCUT2D eigenvalue weighted by atomic mass is 10.1. The molecule has 0 aliphatic carbocycles. The van der Waals surface area contributed by atoms with Gasteiger partial charge >= 0.3 is 18.1 Å². The summed E-state index contributed by atoms with van der Waals surface area (Å²) in [6, 6.07) is 1.99. The summed E-state index contributed by atoms with van der Waals surface area (Å²) in [5, 5.41) is 0. The van der Waals surface area contributed by atoms with Crippen molar-refractivity contribution in [1.82, 2.24) is 0 Å². The van der Waals surface area contributed by atoms with E-state index in [9.17, 15) is 27.2 Å². The van der Waals surface area contributed by atoms with Gasteiger partial charge in [0.1, 0.15) is 18.0 Å². The molecule has 142 valence electrons. The fourth-order valence-corrected chi connectivity index (χ4v) is 2.87. The van der Waals surface area contributed by atoms with Gasteiger partial charge in [0.25, 0.3) is 0 Å². The molecule has 6 nitrogen and oxygen atoms in total. The summed E-state index contributed by atoms with van der Waals surface area (Å²) in [5.74, 6) is -3.64. The minimum Gasteiger partial charge on any atom is -0.466 e. The highest BCUT2D eigenvalue weighted by Gasteiger charge is 2.40. The van der Waals surface area contributed by atoms with Crippen molar-refractivity contribution in [2.45, 2.75) is 6.18 Å². The molecule has 0 atom stereocenters. The third-order valence-corrected chi connectivity index (χ3v) is 4.14. The first kappa shape index (κ1) is 20.2. The van der Waals surface area contributed by atoms with Gasteiger partial charge in [-0.2, -0.15) is 13.2 Å². The molecule has 1 aliphatic rings. The maximum Gasteiger partial charge on any atom is 0.420 e. The molecule has 0 bridgehead atoms. The number of methoxy groups -OCH3 is 2. The van der Waals surface area contributed by atoms with Crippen molar-refractivity contribution in [2.75, 3.05) is 32.5 Å². The van der Waals surface area contributed by atoms with Gasteiger partial charge in [-0.05, 0) is 12.1 Å². The lowest BCUT2D eigenvalue weighted by Crippen LogP contribution is -2.39. The molecule has 0 aromatic heterocycles. The van der Waals surface area contributed by atoms with Crippen LogP contribution in [-0.4, -0.2) is 39.5 Å². The van der Waals surface area contributed by atoms with Gasteiger partial charge in [-0.25, -0.2) is 14.0 Å².